The minimum Gasteiger partial charge on any atom is -0.484 e. The summed E-state index contributed by atoms with van der Waals surface area (Å²) in [6.07, 6.45) is 0. The average Bonchev–Trinajstić information content (AvgIpc) is 2.51. The smallest absolute Gasteiger partial charge is 0.257 e. The number of nitrogens with zero attached hydrogens (tertiary/aromatic N) is 1. The van der Waals surface area contributed by atoms with Crippen LogP contribution in [0.1, 0.15) is 34.6 Å². The van der Waals surface area contributed by atoms with Gasteiger partial charge in [0.2, 0.25) is 10.0 Å². The normalized spacial score (nSPS) is 12.2. The highest BCUT2D eigenvalue weighted by Crippen LogP contribution is 2.19. The third kappa shape index (κ3) is 6.13. The first-order valence-electron chi connectivity index (χ1n) is 8.10. The lowest BCUT2D eigenvalue weighted by molar-refractivity contribution is -0.123. The molecule has 0 bridgehead atoms. The highest BCUT2D eigenvalue weighted by atomic mass is 32.2. The van der Waals surface area contributed by atoms with Crippen molar-refractivity contribution in [2.45, 2.75) is 39.5 Å². The molecule has 0 radical (unpaired) electrons. The second kappa shape index (κ2) is 8.48. The van der Waals surface area contributed by atoms with E-state index >= 15 is 0 Å². The average molecular weight is 356 g/mol. The summed E-state index contributed by atoms with van der Waals surface area (Å²) in [5.74, 6) is 0.254. The predicted octanol–water partition coefficient (Wildman–Crippen LogP) is 2.26. The second-order valence-corrected chi connectivity index (χ2v) is 8.62. The van der Waals surface area contributed by atoms with Crippen LogP contribution in [0, 0.1) is 5.41 Å². The summed E-state index contributed by atoms with van der Waals surface area (Å²) in [6, 6.07) is 6.12. The summed E-state index contributed by atoms with van der Waals surface area (Å²) in [6.45, 7) is 11.0. The van der Waals surface area contributed by atoms with E-state index in [1.807, 2.05) is 20.8 Å². The SMILES string of the molecule is CCN(CC)S(=O)(=O)c1ccc(OCC(=O)NCC(C)(C)C)cc1. The van der Waals surface area contributed by atoms with Crippen molar-refractivity contribution in [2.24, 2.45) is 5.41 Å². The van der Waals surface area contributed by atoms with Crippen LogP contribution >= 0.6 is 0 Å². The Kier molecular flexibility index (Phi) is 7.23. The number of hydrogen-bond acceptors (Lipinski definition) is 4. The van der Waals surface area contributed by atoms with Gasteiger partial charge in [-0.2, -0.15) is 4.31 Å². The minimum absolute atomic E-state index is 0.0100. The highest BCUT2D eigenvalue weighted by molar-refractivity contribution is 7.89. The summed E-state index contributed by atoms with van der Waals surface area (Å²) >= 11 is 0. The zero-order chi connectivity index (χ0) is 18.4. The molecule has 0 saturated heterocycles. The van der Waals surface area contributed by atoms with E-state index in [4.69, 9.17) is 4.74 Å². The zero-order valence-electron chi connectivity index (χ0n) is 15.1. The maximum Gasteiger partial charge on any atom is 0.257 e. The summed E-state index contributed by atoms with van der Waals surface area (Å²) in [5.41, 5.74) is 0.0100. The lowest BCUT2D eigenvalue weighted by Crippen LogP contribution is -2.35. The lowest BCUT2D eigenvalue weighted by Gasteiger charge is -2.19. The van der Waals surface area contributed by atoms with Crippen molar-refractivity contribution in [3.8, 4) is 5.75 Å². The zero-order valence-corrected chi connectivity index (χ0v) is 15.9. The van der Waals surface area contributed by atoms with Gasteiger partial charge in [-0.15, -0.1) is 0 Å². The van der Waals surface area contributed by atoms with E-state index in [1.165, 1.54) is 16.4 Å². The maximum absolute atomic E-state index is 12.4. The van der Waals surface area contributed by atoms with Crippen LogP contribution in [0.25, 0.3) is 0 Å². The van der Waals surface area contributed by atoms with Crippen LogP contribution < -0.4 is 10.1 Å². The number of amides is 1. The molecular weight excluding hydrogens is 328 g/mol. The number of carbonyl (C=O) groups excluding carboxylic acids is 1. The van der Waals surface area contributed by atoms with Crippen LogP contribution in [0.15, 0.2) is 29.2 Å². The minimum atomic E-state index is -3.48. The standard InChI is InChI=1S/C17H28N2O4S/c1-6-19(7-2)24(21,22)15-10-8-14(9-11-15)23-12-16(20)18-13-17(3,4)5/h8-11H,6-7,12-13H2,1-5H3,(H,18,20). The molecule has 1 rings (SSSR count). The molecule has 0 aromatic heterocycles. The van der Waals surface area contributed by atoms with E-state index in [0.29, 0.717) is 25.4 Å². The first-order valence-corrected chi connectivity index (χ1v) is 9.54. The molecule has 1 N–H and O–H groups in total. The van der Waals surface area contributed by atoms with Gasteiger partial charge in [0.25, 0.3) is 5.91 Å². The fourth-order valence-electron chi connectivity index (χ4n) is 1.98. The first-order chi connectivity index (χ1) is 11.1. The number of carbonyl (C=O) groups is 1. The molecule has 7 heteroatoms. The fraction of sp³-hybridized carbons (Fsp3) is 0.588. The molecule has 0 aliphatic rings. The monoisotopic (exact) mass is 356 g/mol. The molecule has 0 fully saturated rings. The second-order valence-electron chi connectivity index (χ2n) is 6.69. The van der Waals surface area contributed by atoms with Crippen molar-refractivity contribution in [2.75, 3.05) is 26.2 Å². The van der Waals surface area contributed by atoms with E-state index in [0.717, 1.165) is 0 Å². The Balaban J connectivity index is 2.64. The van der Waals surface area contributed by atoms with Gasteiger partial charge in [0.1, 0.15) is 5.75 Å². The Labute approximate surface area is 145 Å². The fourth-order valence-corrected chi connectivity index (χ4v) is 3.44. The van der Waals surface area contributed by atoms with Gasteiger partial charge in [0.05, 0.1) is 4.90 Å². The summed E-state index contributed by atoms with van der Waals surface area (Å²) < 4.78 is 31.5. The highest BCUT2D eigenvalue weighted by Gasteiger charge is 2.21. The van der Waals surface area contributed by atoms with Crippen molar-refractivity contribution in [1.29, 1.82) is 0 Å². The number of ether oxygens (including phenoxy) is 1. The molecule has 0 atom stereocenters. The predicted molar refractivity (Wildman–Crippen MR) is 94.5 cm³/mol. The third-order valence-electron chi connectivity index (χ3n) is 3.35. The topological polar surface area (TPSA) is 75.7 Å². The van der Waals surface area contributed by atoms with Gasteiger partial charge in [0.15, 0.2) is 6.61 Å². The van der Waals surface area contributed by atoms with Crippen LogP contribution in [0.3, 0.4) is 0 Å². The summed E-state index contributed by atoms with van der Waals surface area (Å²) in [4.78, 5) is 11.9. The van der Waals surface area contributed by atoms with Gasteiger partial charge < -0.3 is 10.1 Å². The first kappa shape index (κ1) is 20.4. The van der Waals surface area contributed by atoms with E-state index in [-0.39, 0.29) is 22.8 Å². The van der Waals surface area contributed by atoms with Crippen molar-refractivity contribution in [3.05, 3.63) is 24.3 Å². The molecule has 0 unspecified atom stereocenters. The molecule has 6 nitrogen and oxygen atoms in total. The summed E-state index contributed by atoms with van der Waals surface area (Å²) in [5, 5.41) is 2.79. The van der Waals surface area contributed by atoms with Gasteiger partial charge in [-0.25, -0.2) is 8.42 Å². The molecule has 136 valence electrons. The Morgan fingerprint density at radius 2 is 1.67 bits per heavy atom. The quantitative estimate of drug-likeness (QED) is 0.775. The number of hydrogen-bond donors (Lipinski definition) is 1. The van der Waals surface area contributed by atoms with Crippen LogP contribution in [-0.4, -0.2) is 44.9 Å². The lowest BCUT2D eigenvalue weighted by atomic mass is 9.97. The Morgan fingerprint density at radius 3 is 2.12 bits per heavy atom. The molecule has 1 aromatic rings. The molecule has 0 aliphatic heterocycles. The summed E-state index contributed by atoms with van der Waals surface area (Å²) in [7, 11) is -3.48. The van der Waals surface area contributed by atoms with Gasteiger partial charge >= 0.3 is 0 Å². The molecule has 24 heavy (non-hydrogen) atoms. The molecule has 0 heterocycles. The van der Waals surface area contributed by atoms with Crippen LogP contribution in [0.2, 0.25) is 0 Å². The number of sulfonamides is 1. The van der Waals surface area contributed by atoms with Crippen molar-refractivity contribution >= 4 is 15.9 Å². The Morgan fingerprint density at radius 1 is 1.12 bits per heavy atom. The molecule has 0 spiro atoms. The number of rotatable bonds is 8. The van der Waals surface area contributed by atoms with E-state index in [2.05, 4.69) is 5.32 Å². The Bertz CT molecular complexity index is 630. The molecule has 1 amide bonds. The van der Waals surface area contributed by atoms with Crippen molar-refractivity contribution in [1.82, 2.24) is 9.62 Å². The number of benzene rings is 1. The van der Waals surface area contributed by atoms with Gasteiger partial charge in [-0.3, -0.25) is 4.79 Å². The van der Waals surface area contributed by atoms with Crippen molar-refractivity contribution < 1.29 is 17.9 Å². The van der Waals surface area contributed by atoms with Gasteiger partial charge in [-0.05, 0) is 29.7 Å². The van der Waals surface area contributed by atoms with E-state index < -0.39 is 10.0 Å². The van der Waals surface area contributed by atoms with Crippen LogP contribution in [0.5, 0.6) is 5.75 Å². The molecular formula is C17H28N2O4S. The van der Waals surface area contributed by atoms with Crippen LogP contribution in [0.4, 0.5) is 0 Å². The van der Waals surface area contributed by atoms with Gasteiger partial charge in [-0.1, -0.05) is 34.6 Å². The van der Waals surface area contributed by atoms with E-state index in [9.17, 15) is 13.2 Å². The van der Waals surface area contributed by atoms with Gasteiger partial charge in [0, 0.05) is 19.6 Å². The van der Waals surface area contributed by atoms with Crippen LogP contribution in [-0.2, 0) is 14.8 Å². The Hall–Kier alpha value is -1.60. The van der Waals surface area contributed by atoms with E-state index in [1.54, 1.807) is 26.0 Å². The molecule has 1 aromatic carbocycles. The molecule has 0 aliphatic carbocycles. The molecule has 0 saturated carbocycles. The van der Waals surface area contributed by atoms with Crippen molar-refractivity contribution in [3.63, 3.8) is 0 Å². The largest absolute Gasteiger partial charge is 0.484 e. The third-order valence-corrected chi connectivity index (χ3v) is 5.42. The number of nitrogens with one attached hydrogen (secondary N) is 1. The maximum atomic E-state index is 12.4.